The van der Waals surface area contributed by atoms with Crippen LogP contribution < -0.4 is 4.90 Å². The average molecular weight is 344 g/mol. The number of pyridine rings is 1. The standard InChI is InChI=1S/C19H28N4O2/c1-14-8-12-22(13-9-14)19(25)16-7-5-11-23(16)18(24)15-6-4-10-20-17(15)21(2)3/h4,6,10,14,16H,5,7-9,11-13H2,1-3H3/t16-/m1/s1. The van der Waals surface area contributed by atoms with E-state index in [-0.39, 0.29) is 17.9 Å². The van der Waals surface area contributed by atoms with Crippen LogP contribution in [0.15, 0.2) is 18.3 Å². The first-order valence-corrected chi connectivity index (χ1v) is 9.21. The topological polar surface area (TPSA) is 56.8 Å². The molecule has 0 aromatic carbocycles. The summed E-state index contributed by atoms with van der Waals surface area (Å²) in [4.78, 5) is 36.0. The van der Waals surface area contributed by atoms with Gasteiger partial charge < -0.3 is 14.7 Å². The van der Waals surface area contributed by atoms with Gasteiger partial charge in [-0.2, -0.15) is 0 Å². The lowest BCUT2D eigenvalue weighted by Gasteiger charge is -2.34. The molecule has 1 aromatic rings. The molecule has 136 valence electrons. The minimum atomic E-state index is -0.323. The highest BCUT2D eigenvalue weighted by Crippen LogP contribution is 2.26. The van der Waals surface area contributed by atoms with E-state index in [9.17, 15) is 9.59 Å². The molecule has 0 unspecified atom stereocenters. The summed E-state index contributed by atoms with van der Waals surface area (Å²) in [7, 11) is 3.75. The maximum atomic E-state index is 13.1. The molecule has 6 nitrogen and oxygen atoms in total. The Morgan fingerprint density at radius 2 is 1.88 bits per heavy atom. The fraction of sp³-hybridized carbons (Fsp3) is 0.632. The molecule has 1 aromatic heterocycles. The number of likely N-dealkylation sites (tertiary alicyclic amines) is 2. The summed E-state index contributed by atoms with van der Waals surface area (Å²) in [6.07, 6.45) is 5.44. The van der Waals surface area contributed by atoms with Crippen LogP contribution in [-0.2, 0) is 4.79 Å². The zero-order valence-corrected chi connectivity index (χ0v) is 15.4. The molecule has 3 rings (SSSR count). The SMILES string of the molecule is CC1CCN(C(=O)[C@H]2CCCN2C(=O)c2cccnc2N(C)C)CC1. The summed E-state index contributed by atoms with van der Waals surface area (Å²) in [5.74, 6) is 1.37. The average Bonchev–Trinajstić information content (AvgIpc) is 3.10. The third kappa shape index (κ3) is 3.62. The van der Waals surface area contributed by atoms with Gasteiger partial charge in [-0.3, -0.25) is 9.59 Å². The van der Waals surface area contributed by atoms with Crippen LogP contribution in [0.25, 0.3) is 0 Å². The van der Waals surface area contributed by atoms with Crippen molar-refractivity contribution in [1.29, 1.82) is 0 Å². The second-order valence-corrected chi connectivity index (χ2v) is 7.43. The van der Waals surface area contributed by atoms with Crippen molar-refractivity contribution in [2.75, 3.05) is 38.6 Å². The fourth-order valence-corrected chi connectivity index (χ4v) is 3.78. The van der Waals surface area contributed by atoms with E-state index < -0.39 is 0 Å². The van der Waals surface area contributed by atoms with Crippen LogP contribution in [-0.4, -0.2) is 66.4 Å². The van der Waals surface area contributed by atoms with Crippen LogP contribution in [0.3, 0.4) is 0 Å². The first-order valence-electron chi connectivity index (χ1n) is 9.21. The van der Waals surface area contributed by atoms with Gasteiger partial charge in [0.25, 0.3) is 5.91 Å². The number of carbonyl (C=O) groups is 2. The van der Waals surface area contributed by atoms with Gasteiger partial charge in [0.05, 0.1) is 5.56 Å². The third-order valence-corrected chi connectivity index (χ3v) is 5.33. The van der Waals surface area contributed by atoms with E-state index >= 15 is 0 Å². The Hall–Kier alpha value is -2.11. The quantitative estimate of drug-likeness (QED) is 0.842. The largest absolute Gasteiger partial charge is 0.362 e. The zero-order chi connectivity index (χ0) is 18.0. The number of anilines is 1. The Balaban J connectivity index is 1.77. The number of hydrogen-bond donors (Lipinski definition) is 0. The van der Waals surface area contributed by atoms with Gasteiger partial charge in [0.15, 0.2) is 0 Å². The van der Waals surface area contributed by atoms with E-state index in [0.717, 1.165) is 38.8 Å². The molecule has 0 saturated carbocycles. The van der Waals surface area contributed by atoms with E-state index in [1.165, 1.54) is 0 Å². The van der Waals surface area contributed by atoms with E-state index in [1.54, 1.807) is 23.2 Å². The van der Waals surface area contributed by atoms with Crippen molar-refractivity contribution in [2.45, 2.75) is 38.6 Å². The Morgan fingerprint density at radius 1 is 1.16 bits per heavy atom. The second kappa shape index (κ2) is 7.42. The summed E-state index contributed by atoms with van der Waals surface area (Å²) >= 11 is 0. The molecule has 0 spiro atoms. The summed E-state index contributed by atoms with van der Waals surface area (Å²) in [5, 5.41) is 0. The lowest BCUT2D eigenvalue weighted by Crippen LogP contribution is -2.50. The van der Waals surface area contributed by atoms with Crippen molar-refractivity contribution >= 4 is 17.6 Å². The molecule has 3 heterocycles. The van der Waals surface area contributed by atoms with Crippen molar-refractivity contribution in [3.8, 4) is 0 Å². The third-order valence-electron chi connectivity index (χ3n) is 5.33. The van der Waals surface area contributed by atoms with Crippen LogP contribution in [0.2, 0.25) is 0 Å². The summed E-state index contributed by atoms with van der Waals surface area (Å²) in [6, 6.07) is 3.25. The lowest BCUT2D eigenvalue weighted by molar-refractivity contribution is -0.136. The molecule has 6 heteroatoms. The van der Waals surface area contributed by atoms with Crippen molar-refractivity contribution in [3.63, 3.8) is 0 Å². The minimum Gasteiger partial charge on any atom is -0.362 e. The Bertz CT molecular complexity index is 638. The smallest absolute Gasteiger partial charge is 0.258 e. The van der Waals surface area contributed by atoms with Crippen LogP contribution in [0.1, 0.15) is 43.0 Å². The van der Waals surface area contributed by atoms with Gasteiger partial charge in [0.1, 0.15) is 11.9 Å². The van der Waals surface area contributed by atoms with Crippen LogP contribution in [0.5, 0.6) is 0 Å². The molecule has 2 saturated heterocycles. The van der Waals surface area contributed by atoms with Gasteiger partial charge in [-0.1, -0.05) is 6.92 Å². The van der Waals surface area contributed by atoms with Gasteiger partial charge in [0, 0.05) is 39.9 Å². The number of piperidine rings is 1. The number of rotatable bonds is 3. The van der Waals surface area contributed by atoms with Gasteiger partial charge in [-0.15, -0.1) is 0 Å². The van der Waals surface area contributed by atoms with Crippen molar-refractivity contribution in [1.82, 2.24) is 14.8 Å². The molecule has 25 heavy (non-hydrogen) atoms. The lowest BCUT2D eigenvalue weighted by atomic mass is 9.98. The summed E-state index contributed by atoms with van der Waals surface area (Å²) in [6.45, 7) is 4.50. The number of hydrogen-bond acceptors (Lipinski definition) is 4. The molecular weight excluding hydrogens is 316 g/mol. The number of nitrogens with zero attached hydrogens (tertiary/aromatic N) is 4. The highest BCUT2D eigenvalue weighted by molar-refractivity contribution is 6.01. The highest BCUT2D eigenvalue weighted by atomic mass is 16.2. The van der Waals surface area contributed by atoms with Gasteiger partial charge in [0.2, 0.25) is 5.91 Å². The number of aromatic nitrogens is 1. The van der Waals surface area contributed by atoms with Crippen LogP contribution in [0.4, 0.5) is 5.82 Å². The van der Waals surface area contributed by atoms with Gasteiger partial charge >= 0.3 is 0 Å². The molecule has 2 fully saturated rings. The summed E-state index contributed by atoms with van der Waals surface area (Å²) in [5.41, 5.74) is 0.569. The Labute approximate surface area is 149 Å². The maximum Gasteiger partial charge on any atom is 0.258 e. The molecule has 0 bridgehead atoms. The predicted octanol–water partition coefficient (Wildman–Crippen LogP) is 2.01. The normalized spacial score (nSPS) is 21.5. The monoisotopic (exact) mass is 344 g/mol. The van der Waals surface area contributed by atoms with E-state index in [4.69, 9.17) is 0 Å². The van der Waals surface area contributed by atoms with Crippen LogP contribution >= 0.6 is 0 Å². The molecule has 2 aliphatic heterocycles. The minimum absolute atomic E-state index is 0.0852. The fourth-order valence-electron chi connectivity index (χ4n) is 3.78. The summed E-state index contributed by atoms with van der Waals surface area (Å²) < 4.78 is 0. The number of carbonyl (C=O) groups excluding carboxylic acids is 2. The van der Waals surface area contributed by atoms with E-state index in [0.29, 0.717) is 23.8 Å². The van der Waals surface area contributed by atoms with Crippen molar-refractivity contribution in [3.05, 3.63) is 23.9 Å². The molecule has 2 aliphatic rings. The predicted molar refractivity (Wildman–Crippen MR) is 97.6 cm³/mol. The molecule has 0 aliphatic carbocycles. The van der Waals surface area contributed by atoms with Crippen molar-refractivity contribution in [2.24, 2.45) is 5.92 Å². The molecule has 1 atom stereocenters. The van der Waals surface area contributed by atoms with Crippen molar-refractivity contribution < 1.29 is 9.59 Å². The second-order valence-electron chi connectivity index (χ2n) is 7.43. The molecule has 0 radical (unpaired) electrons. The molecule has 2 amide bonds. The number of amides is 2. The van der Waals surface area contributed by atoms with Gasteiger partial charge in [-0.05, 0) is 43.7 Å². The Morgan fingerprint density at radius 3 is 2.56 bits per heavy atom. The maximum absolute atomic E-state index is 13.1. The van der Waals surface area contributed by atoms with Crippen LogP contribution in [0, 0.1) is 5.92 Å². The van der Waals surface area contributed by atoms with E-state index in [2.05, 4.69) is 11.9 Å². The first-order chi connectivity index (χ1) is 12.0. The Kier molecular flexibility index (Phi) is 5.25. The zero-order valence-electron chi connectivity index (χ0n) is 15.4. The molecular formula is C19H28N4O2. The highest BCUT2D eigenvalue weighted by Gasteiger charge is 2.38. The van der Waals surface area contributed by atoms with Gasteiger partial charge in [-0.25, -0.2) is 4.98 Å². The first kappa shape index (κ1) is 17.7. The van der Waals surface area contributed by atoms with E-state index in [1.807, 2.05) is 23.9 Å². The molecule has 0 N–H and O–H groups in total.